The fourth-order valence-corrected chi connectivity index (χ4v) is 14.2. The van der Waals surface area contributed by atoms with Crippen LogP contribution < -0.4 is 5.32 Å². The van der Waals surface area contributed by atoms with Gasteiger partial charge in [0.2, 0.25) is 0 Å². The van der Waals surface area contributed by atoms with Gasteiger partial charge in [-0.1, -0.05) is 134 Å². The van der Waals surface area contributed by atoms with Gasteiger partial charge in [-0.05, 0) is 139 Å². The first-order valence-corrected chi connectivity index (χ1v) is 24.9. The molecular weight excluding hydrogens is 787 g/mol. The van der Waals surface area contributed by atoms with E-state index in [0.29, 0.717) is 35.6 Å². The molecule has 0 amide bonds. The van der Waals surface area contributed by atoms with E-state index in [0.717, 1.165) is 82.3 Å². The maximum Gasteiger partial charge on any atom is 0.148 e. The maximum absolute atomic E-state index is 5.64. The van der Waals surface area contributed by atoms with E-state index in [1.807, 2.05) is 12.4 Å². The van der Waals surface area contributed by atoms with Crippen LogP contribution in [0, 0.1) is 29.6 Å². The molecule has 1 N–H and O–H groups in total. The van der Waals surface area contributed by atoms with Gasteiger partial charge in [-0.2, -0.15) is 0 Å². The Morgan fingerprint density at radius 2 is 1.78 bits per heavy atom. The van der Waals surface area contributed by atoms with Gasteiger partial charge in [0.05, 0.1) is 6.04 Å². The van der Waals surface area contributed by atoms with Crippen LogP contribution in [0.5, 0.6) is 0 Å². The molecule has 1 fully saturated rings. The molecule has 5 nitrogen and oxygen atoms in total. The molecule has 2 aromatic rings. The molecule has 318 valence electrons. The third kappa shape index (κ3) is 7.12. The SMILES string of the molecule is CC1(c2ccccc2)C=CC=C(c2ccc(C3CCC=C4SC5=CC6C(CC5C43)C3=C(CCC=C3)N6C3=CCCC=C3)c(C3N=C(C4C=CN=CC4)N=C(C4CC=CCC4)N3)c2)C1. The number of hydrogen-bond acceptors (Lipinski definition) is 6. The largest absolute Gasteiger partial charge is 0.348 e. The van der Waals surface area contributed by atoms with E-state index in [4.69, 9.17) is 9.98 Å². The van der Waals surface area contributed by atoms with E-state index >= 15 is 0 Å². The molecule has 0 saturated carbocycles. The van der Waals surface area contributed by atoms with Crippen LogP contribution in [0.2, 0.25) is 0 Å². The second-order valence-corrected chi connectivity index (χ2v) is 20.8. The standard InChI is InChI=1S/C57H59N5S/c1-57(41-18-7-3-8-19-41)30-14-17-40(36-57)39-26-27-43(47(33-39)56-60-54(37-15-5-2-6-16-37)59-55(61-56)38-28-31-58-32-29-38)45-23-13-25-51-53(45)48-34-46-44-22-11-12-24-49(44)62(42-20-9-4-10-21-42)50(46)35-52(48)63-51/h2-3,5,7-9,11,14,17-22,25-28,30-33,35,37-38,45-46,48,50,53,56H,4,6,10,12-13,15-16,23-24,29,34,36H2,1H3,(H,59,60,61). The van der Waals surface area contributed by atoms with Crippen LogP contribution in [0.15, 0.2) is 175 Å². The first-order chi connectivity index (χ1) is 31.1. The van der Waals surface area contributed by atoms with Gasteiger partial charge in [-0.25, -0.2) is 9.98 Å². The average Bonchev–Trinajstić information content (AvgIpc) is 3.89. The molecule has 9 atom stereocenters. The van der Waals surface area contributed by atoms with Crippen molar-refractivity contribution in [1.82, 2.24) is 10.2 Å². The monoisotopic (exact) mass is 845 g/mol. The minimum atomic E-state index is -0.213. The van der Waals surface area contributed by atoms with Crippen LogP contribution in [0.1, 0.15) is 118 Å². The molecule has 0 aromatic heterocycles. The number of thioether (sulfide) groups is 1. The highest BCUT2D eigenvalue weighted by Gasteiger charge is 2.51. The normalized spacial score (nSPS) is 33.9. The Balaban J connectivity index is 0.948. The molecule has 63 heavy (non-hydrogen) atoms. The lowest BCUT2D eigenvalue weighted by Crippen LogP contribution is -2.40. The molecule has 6 aliphatic carbocycles. The molecule has 10 aliphatic rings. The minimum Gasteiger partial charge on any atom is -0.348 e. The summed E-state index contributed by atoms with van der Waals surface area (Å²) in [7, 11) is 0. The van der Waals surface area contributed by atoms with Gasteiger partial charge in [0.1, 0.15) is 17.8 Å². The molecule has 12 rings (SSSR count). The second-order valence-electron chi connectivity index (χ2n) is 19.6. The van der Waals surface area contributed by atoms with Gasteiger partial charge in [0.15, 0.2) is 0 Å². The zero-order chi connectivity index (χ0) is 41.9. The predicted molar refractivity (Wildman–Crippen MR) is 263 cm³/mol. The van der Waals surface area contributed by atoms with Crippen LogP contribution in [0.3, 0.4) is 0 Å². The number of nitrogens with one attached hydrogen (secondary N) is 1. The van der Waals surface area contributed by atoms with Gasteiger partial charge >= 0.3 is 0 Å². The summed E-state index contributed by atoms with van der Waals surface area (Å²) in [6, 6.07) is 19.0. The first-order valence-electron chi connectivity index (χ1n) is 24.1. The number of fused-ring (bicyclic) bond motifs is 5. The lowest BCUT2D eigenvalue weighted by atomic mass is 9.66. The Labute approximate surface area is 378 Å². The number of amidine groups is 2. The van der Waals surface area contributed by atoms with Gasteiger partial charge in [-0.3, -0.25) is 4.99 Å². The summed E-state index contributed by atoms with van der Waals surface area (Å²) in [5.74, 6) is 4.48. The van der Waals surface area contributed by atoms with E-state index < -0.39 is 0 Å². The third-order valence-corrected chi connectivity index (χ3v) is 17.2. The second kappa shape index (κ2) is 16.4. The van der Waals surface area contributed by atoms with Crippen molar-refractivity contribution in [3.63, 3.8) is 0 Å². The van der Waals surface area contributed by atoms with E-state index in [-0.39, 0.29) is 17.5 Å². The summed E-state index contributed by atoms with van der Waals surface area (Å²) in [5.41, 5.74) is 11.4. The summed E-state index contributed by atoms with van der Waals surface area (Å²) < 4.78 is 0. The minimum absolute atomic E-state index is 0.0735. The molecule has 0 spiro atoms. The maximum atomic E-state index is 5.64. The molecule has 6 heteroatoms. The van der Waals surface area contributed by atoms with Crippen LogP contribution >= 0.6 is 11.8 Å². The number of rotatable bonds is 7. The van der Waals surface area contributed by atoms with Gasteiger partial charge in [0.25, 0.3) is 0 Å². The van der Waals surface area contributed by atoms with Crippen molar-refractivity contribution in [2.45, 2.75) is 108 Å². The van der Waals surface area contributed by atoms with Crippen LogP contribution in [-0.2, 0) is 5.41 Å². The molecule has 2 aromatic carbocycles. The van der Waals surface area contributed by atoms with Crippen molar-refractivity contribution in [3.05, 3.63) is 183 Å². The quantitative estimate of drug-likeness (QED) is 0.283. The number of benzene rings is 2. The number of hydrogen-bond donors (Lipinski definition) is 1. The zero-order valence-electron chi connectivity index (χ0n) is 36.6. The Kier molecular flexibility index (Phi) is 10.3. The fraction of sp³-hybridized carbons (Fsp3) is 0.386. The summed E-state index contributed by atoms with van der Waals surface area (Å²) in [6.45, 7) is 2.39. The van der Waals surface area contributed by atoms with Gasteiger partial charge in [-0.15, -0.1) is 0 Å². The highest BCUT2D eigenvalue weighted by atomic mass is 32.2. The summed E-state index contributed by atoms with van der Waals surface area (Å²) in [6.07, 6.45) is 48.4. The number of allylic oxidation sites excluding steroid dienone is 15. The van der Waals surface area contributed by atoms with Crippen molar-refractivity contribution >= 4 is 35.2 Å². The van der Waals surface area contributed by atoms with E-state index in [1.54, 1.807) is 21.1 Å². The van der Waals surface area contributed by atoms with E-state index in [9.17, 15) is 0 Å². The molecule has 1 saturated heterocycles. The van der Waals surface area contributed by atoms with Crippen LogP contribution in [-0.4, -0.2) is 28.8 Å². The summed E-state index contributed by atoms with van der Waals surface area (Å²) in [5, 5.41) is 4.05. The molecular formula is C57H59N5S. The van der Waals surface area contributed by atoms with Crippen LogP contribution in [0.4, 0.5) is 0 Å². The highest BCUT2D eigenvalue weighted by Crippen LogP contribution is 2.63. The van der Waals surface area contributed by atoms with E-state index in [2.05, 4.69) is 161 Å². The highest BCUT2D eigenvalue weighted by molar-refractivity contribution is 8.07. The zero-order valence-corrected chi connectivity index (χ0v) is 37.4. The fourth-order valence-electron chi connectivity index (χ4n) is 12.7. The van der Waals surface area contributed by atoms with Crippen LogP contribution in [0.25, 0.3) is 5.57 Å². The average molecular weight is 846 g/mol. The van der Waals surface area contributed by atoms with Gasteiger partial charge in [0, 0.05) is 58.5 Å². The van der Waals surface area contributed by atoms with E-state index in [1.165, 1.54) is 39.9 Å². The molecule has 4 heterocycles. The first kappa shape index (κ1) is 39.4. The van der Waals surface area contributed by atoms with Crippen molar-refractivity contribution in [2.24, 2.45) is 44.6 Å². The smallest absolute Gasteiger partial charge is 0.148 e. The third-order valence-electron chi connectivity index (χ3n) is 15.8. The van der Waals surface area contributed by atoms with Crippen molar-refractivity contribution < 1.29 is 0 Å². The van der Waals surface area contributed by atoms with Crippen molar-refractivity contribution in [1.29, 1.82) is 0 Å². The molecule has 0 bridgehead atoms. The summed E-state index contributed by atoms with van der Waals surface area (Å²) >= 11 is 2.13. The Morgan fingerprint density at radius 3 is 2.63 bits per heavy atom. The van der Waals surface area contributed by atoms with Crippen molar-refractivity contribution in [2.75, 3.05) is 0 Å². The Bertz CT molecular complexity index is 2610. The summed E-state index contributed by atoms with van der Waals surface area (Å²) in [4.78, 5) is 21.4. The molecule has 4 aliphatic heterocycles. The topological polar surface area (TPSA) is 52.4 Å². The predicted octanol–water partition coefficient (Wildman–Crippen LogP) is 13.5. The number of nitrogens with zero attached hydrogens (tertiary/aromatic N) is 4. The van der Waals surface area contributed by atoms with Crippen molar-refractivity contribution in [3.8, 4) is 0 Å². The molecule has 9 unspecified atom stereocenters. The lowest BCUT2D eigenvalue weighted by Gasteiger charge is -2.40. The van der Waals surface area contributed by atoms with Gasteiger partial charge < -0.3 is 10.2 Å². The number of aliphatic imine (C=N–C) groups is 3. The lowest BCUT2D eigenvalue weighted by molar-refractivity contribution is 0.256. The molecule has 0 radical (unpaired) electrons. The Hall–Kier alpha value is -5.20. The Morgan fingerprint density at radius 1 is 0.841 bits per heavy atom.